The molecule has 0 aromatic heterocycles. The van der Waals surface area contributed by atoms with Crippen LogP contribution in [0.1, 0.15) is 12.5 Å². The van der Waals surface area contributed by atoms with Crippen LogP contribution in [-0.2, 0) is 4.79 Å². The number of halogens is 4. The highest BCUT2D eigenvalue weighted by Gasteiger charge is 2.58. The minimum absolute atomic E-state index is 0.103. The standard InChI is InChI=1S/C12H12ClF3N2O3/c1-6-4-3-5-7(13)8(6)17-10(21)18-11(2,9(19)20)12(14,15)16/h3-5H,1-2H3,(H,19,20)(H2,17,18,21). The number of hydrogen-bond acceptors (Lipinski definition) is 2. The number of urea groups is 1. The molecule has 1 rings (SSSR count). The number of carboxylic acid groups (broad SMARTS) is 1. The summed E-state index contributed by atoms with van der Waals surface area (Å²) >= 11 is 5.82. The number of anilines is 1. The van der Waals surface area contributed by atoms with E-state index in [0.717, 1.165) is 0 Å². The number of aryl methyl sites for hydroxylation is 1. The van der Waals surface area contributed by atoms with Gasteiger partial charge >= 0.3 is 18.2 Å². The van der Waals surface area contributed by atoms with Gasteiger partial charge in [0.25, 0.3) is 0 Å². The number of benzene rings is 1. The highest BCUT2D eigenvalue weighted by molar-refractivity contribution is 6.33. The molecule has 2 amide bonds. The van der Waals surface area contributed by atoms with E-state index in [1.807, 2.05) is 0 Å². The maximum absolute atomic E-state index is 12.8. The Kier molecular flexibility index (Phi) is 4.72. The van der Waals surface area contributed by atoms with Crippen LogP contribution < -0.4 is 10.6 Å². The molecule has 5 nitrogen and oxygen atoms in total. The smallest absolute Gasteiger partial charge is 0.422 e. The van der Waals surface area contributed by atoms with Crippen LogP contribution in [0.2, 0.25) is 5.02 Å². The van der Waals surface area contributed by atoms with Crippen molar-refractivity contribution in [1.29, 1.82) is 0 Å². The summed E-state index contributed by atoms with van der Waals surface area (Å²) in [5.74, 6) is -2.22. The van der Waals surface area contributed by atoms with Gasteiger partial charge in [-0.1, -0.05) is 23.7 Å². The van der Waals surface area contributed by atoms with Crippen molar-refractivity contribution in [2.45, 2.75) is 25.6 Å². The first-order valence-electron chi connectivity index (χ1n) is 5.63. The molecule has 0 saturated carbocycles. The molecule has 0 fully saturated rings. The minimum atomic E-state index is -5.16. The Balaban J connectivity index is 2.98. The summed E-state index contributed by atoms with van der Waals surface area (Å²) in [6.45, 7) is 1.94. The summed E-state index contributed by atoms with van der Waals surface area (Å²) in [7, 11) is 0. The zero-order valence-corrected chi connectivity index (χ0v) is 11.8. The third-order valence-corrected chi connectivity index (χ3v) is 3.13. The van der Waals surface area contributed by atoms with Crippen molar-refractivity contribution in [3.8, 4) is 0 Å². The van der Waals surface area contributed by atoms with Crippen LogP contribution in [0.25, 0.3) is 0 Å². The summed E-state index contributed by atoms with van der Waals surface area (Å²) in [5, 5.41) is 12.3. The zero-order valence-electron chi connectivity index (χ0n) is 11.0. The summed E-state index contributed by atoms with van der Waals surface area (Å²) in [5.41, 5.74) is -2.79. The maximum Gasteiger partial charge on any atom is 0.422 e. The lowest BCUT2D eigenvalue weighted by molar-refractivity contribution is -0.203. The molecule has 0 aliphatic carbocycles. The molecule has 21 heavy (non-hydrogen) atoms. The van der Waals surface area contributed by atoms with Crippen LogP contribution in [-0.4, -0.2) is 28.8 Å². The van der Waals surface area contributed by atoms with Crippen LogP contribution in [0.3, 0.4) is 0 Å². The molecular formula is C12H12ClF3N2O3. The van der Waals surface area contributed by atoms with E-state index in [1.54, 1.807) is 19.1 Å². The number of alkyl halides is 3. The molecule has 1 aromatic carbocycles. The van der Waals surface area contributed by atoms with Gasteiger partial charge in [-0.2, -0.15) is 13.2 Å². The molecule has 1 unspecified atom stereocenters. The van der Waals surface area contributed by atoms with Gasteiger partial charge in [0, 0.05) is 0 Å². The van der Waals surface area contributed by atoms with Crippen LogP contribution in [0.15, 0.2) is 18.2 Å². The van der Waals surface area contributed by atoms with E-state index in [4.69, 9.17) is 16.7 Å². The van der Waals surface area contributed by atoms with Gasteiger partial charge in [0.2, 0.25) is 5.54 Å². The largest absolute Gasteiger partial charge is 0.479 e. The lowest BCUT2D eigenvalue weighted by atomic mass is 10.0. The predicted octanol–water partition coefficient (Wildman–Crippen LogP) is 3.18. The molecule has 0 heterocycles. The molecule has 9 heteroatoms. The van der Waals surface area contributed by atoms with E-state index in [9.17, 15) is 22.8 Å². The molecule has 0 aliphatic heterocycles. The highest BCUT2D eigenvalue weighted by Crippen LogP contribution is 2.31. The fraction of sp³-hybridized carbons (Fsp3) is 0.333. The van der Waals surface area contributed by atoms with Gasteiger partial charge in [0.15, 0.2) is 0 Å². The van der Waals surface area contributed by atoms with Gasteiger partial charge < -0.3 is 15.7 Å². The SMILES string of the molecule is Cc1cccc(Cl)c1NC(=O)NC(C)(C(=O)O)C(F)(F)F. The maximum atomic E-state index is 12.8. The van der Waals surface area contributed by atoms with Crippen molar-refractivity contribution < 1.29 is 27.9 Å². The first-order valence-corrected chi connectivity index (χ1v) is 6.01. The topological polar surface area (TPSA) is 78.4 Å². The van der Waals surface area contributed by atoms with Crippen molar-refractivity contribution >= 4 is 29.3 Å². The number of carbonyl (C=O) groups is 2. The second kappa shape index (κ2) is 5.80. The second-order valence-electron chi connectivity index (χ2n) is 4.44. The van der Waals surface area contributed by atoms with E-state index < -0.39 is 23.7 Å². The number of carboxylic acids is 1. The molecule has 0 spiro atoms. The monoisotopic (exact) mass is 324 g/mol. The van der Waals surface area contributed by atoms with Crippen molar-refractivity contribution in [2.75, 3.05) is 5.32 Å². The van der Waals surface area contributed by atoms with Crippen LogP contribution in [0.4, 0.5) is 23.7 Å². The van der Waals surface area contributed by atoms with Crippen LogP contribution in [0.5, 0.6) is 0 Å². The van der Waals surface area contributed by atoms with Gasteiger partial charge in [0.1, 0.15) is 0 Å². The quantitative estimate of drug-likeness (QED) is 0.799. The molecular weight excluding hydrogens is 313 g/mol. The molecule has 0 radical (unpaired) electrons. The molecule has 0 aliphatic rings. The van der Waals surface area contributed by atoms with E-state index in [1.165, 1.54) is 11.4 Å². The third-order valence-electron chi connectivity index (χ3n) is 2.82. The fourth-order valence-electron chi connectivity index (χ4n) is 1.41. The van der Waals surface area contributed by atoms with Gasteiger partial charge in [-0.25, -0.2) is 9.59 Å². The summed E-state index contributed by atoms with van der Waals surface area (Å²) in [6.07, 6.45) is -5.16. The fourth-order valence-corrected chi connectivity index (χ4v) is 1.68. The zero-order chi connectivity index (χ0) is 16.4. The van der Waals surface area contributed by atoms with Gasteiger partial charge in [0.05, 0.1) is 10.7 Å². The Morgan fingerprint density at radius 1 is 1.29 bits per heavy atom. The Morgan fingerprint density at radius 2 is 1.86 bits per heavy atom. The Morgan fingerprint density at radius 3 is 2.29 bits per heavy atom. The van der Waals surface area contributed by atoms with Crippen molar-refractivity contribution in [1.82, 2.24) is 5.32 Å². The van der Waals surface area contributed by atoms with Gasteiger partial charge in [-0.05, 0) is 25.5 Å². The number of amides is 2. The lowest BCUT2D eigenvalue weighted by Crippen LogP contribution is -2.62. The Bertz CT molecular complexity index is 557. The van der Waals surface area contributed by atoms with Crippen molar-refractivity contribution in [3.63, 3.8) is 0 Å². The van der Waals surface area contributed by atoms with Gasteiger partial charge in [-0.3, -0.25) is 0 Å². The molecule has 116 valence electrons. The minimum Gasteiger partial charge on any atom is -0.479 e. The van der Waals surface area contributed by atoms with E-state index in [2.05, 4.69) is 5.32 Å². The number of nitrogens with one attached hydrogen (secondary N) is 2. The highest BCUT2D eigenvalue weighted by atomic mass is 35.5. The number of para-hydroxylation sites is 1. The average Bonchev–Trinajstić information content (AvgIpc) is 2.32. The van der Waals surface area contributed by atoms with E-state index >= 15 is 0 Å². The predicted molar refractivity (Wildman–Crippen MR) is 70.4 cm³/mol. The summed E-state index contributed by atoms with van der Waals surface area (Å²) < 4.78 is 38.3. The molecule has 0 bridgehead atoms. The Labute approximate surface area is 123 Å². The first kappa shape index (κ1) is 17.1. The average molecular weight is 325 g/mol. The van der Waals surface area contributed by atoms with Crippen LogP contribution in [0, 0.1) is 6.92 Å². The number of carbonyl (C=O) groups excluding carboxylic acids is 1. The van der Waals surface area contributed by atoms with Crippen molar-refractivity contribution in [3.05, 3.63) is 28.8 Å². The number of aliphatic carboxylic acids is 1. The van der Waals surface area contributed by atoms with Crippen LogP contribution >= 0.6 is 11.6 Å². The van der Waals surface area contributed by atoms with E-state index in [0.29, 0.717) is 12.5 Å². The van der Waals surface area contributed by atoms with Crippen molar-refractivity contribution in [2.24, 2.45) is 0 Å². The molecule has 0 saturated heterocycles. The number of hydrogen-bond donors (Lipinski definition) is 3. The first-order chi connectivity index (χ1) is 9.49. The Hall–Kier alpha value is -1.96. The molecule has 1 aromatic rings. The summed E-state index contributed by atoms with van der Waals surface area (Å²) in [4.78, 5) is 22.4. The third kappa shape index (κ3) is 3.57. The second-order valence-corrected chi connectivity index (χ2v) is 4.85. The normalized spacial score (nSPS) is 14.2. The molecule has 1 atom stereocenters. The summed E-state index contributed by atoms with van der Waals surface area (Å²) in [6, 6.07) is 3.29. The lowest BCUT2D eigenvalue weighted by Gasteiger charge is -2.28. The molecule has 3 N–H and O–H groups in total. The van der Waals surface area contributed by atoms with Gasteiger partial charge in [-0.15, -0.1) is 0 Å². The number of rotatable bonds is 3. The van der Waals surface area contributed by atoms with E-state index in [-0.39, 0.29) is 10.7 Å².